The number of carboxylic acids is 1. The summed E-state index contributed by atoms with van der Waals surface area (Å²) in [6, 6.07) is 19.2. The maximum atomic E-state index is 12.9. The van der Waals surface area contributed by atoms with Gasteiger partial charge in [-0.2, -0.15) is 0 Å². The molecular formula is C30H35NO6. The summed E-state index contributed by atoms with van der Waals surface area (Å²) >= 11 is 0. The number of likely N-dealkylation sites (N-methyl/N-ethyl adjacent to an activating group) is 1. The van der Waals surface area contributed by atoms with E-state index in [1.165, 1.54) is 6.07 Å². The summed E-state index contributed by atoms with van der Waals surface area (Å²) < 4.78 is 6.64. The molecule has 2 fully saturated rings. The van der Waals surface area contributed by atoms with Crippen molar-refractivity contribution in [2.24, 2.45) is 5.92 Å². The van der Waals surface area contributed by atoms with E-state index in [0.29, 0.717) is 10.9 Å². The number of carboxylic acid groups (broad SMARTS) is 1. The SMILES string of the molecule is C[N+]1(C)CCC(OC(=O)C(O)(c2ccccc2)C2CCCC2)C1.O=C(O)c1ccc2ccccc2c1[O-]. The fourth-order valence-corrected chi connectivity index (χ4v) is 5.53. The van der Waals surface area contributed by atoms with E-state index in [9.17, 15) is 19.8 Å². The first-order valence-electron chi connectivity index (χ1n) is 12.8. The number of likely N-dealkylation sites (tertiary alicyclic amines) is 1. The van der Waals surface area contributed by atoms with Crippen molar-refractivity contribution in [2.75, 3.05) is 27.2 Å². The van der Waals surface area contributed by atoms with E-state index in [2.05, 4.69) is 14.1 Å². The van der Waals surface area contributed by atoms with Gasteiger partial charge in [0.15, 0.2) is 11.7 Å². The molecule has 3 aromatic carbocycles. The van der Waals surface area contributed by atoms with Crippen molar-refractivity contribution >= 4 is 22.7 Å². The minimum absolute atomic E-state index is 0.0405. The molecule has 2 N–H and O–H groups in total. The van der Waals surface area contributed by atoms with Gasteiger partial charge in [0.1, 0.15) is 6.54 Å². The van der Waals surface area contributed by atoms with E-state index in [4.69, 9.17) is 9.84 Å². The van der Waals surface area contributed by atoms with Gasteiger partial charge in [-0.15, -0.1) is 0 Å². The summed E-state index contributed by atoms with van der Waals surface area (Å²) in [4.78, 5) is 23.6. The Kier molecular flexibility index (Phi) is 7.85. The number of aliphatic hydroxyl groups is 1. The number of hydrogen-bond acceptors (Lipinski definition) is 5. The molecule has 2 unspecified atom stereocenters. The van der Waals surface area contributed by atoms with Crippen LogP contribution in [0.4, 0.5) is 0 Å². The smallest absolute Gasteiger partial charge is 0.343 e. The van der Waals surface area contributed by atoms with E-state index in [1.54, 1.807) is 24.3 Å². The van der Waals surface area contributed by atoms with Gasteiger partial charge in [0.2, 0.25) is 0 Å². The molecule has 2 atom stereocenters. The van der Waals surface area contributed by atoms with Crippen LogP contribution in [0.1, 0.15) is 48.0 Å². The molecule has 1 saturated heterocycles. The topological polar surface area (TPSA) is 107 Å². The molecule has 7 nitrogen and oxygen atoms in total. The molecule has 0 aromatic heterocycles. The van der Waals surface area contributed by atoms with Gasteiger partial charge in [0.25, 0.3) is 0 Å². The van der Waals surface area contributed by atoms with E-state index in [-0.39, 0.29) is 17.6 Å². The Bertz CT molecular complexity index is 1250. The molecule has 1 heterocycles. The Morgan fingerprint density at radius 2 is 1.59 bits per heavy atom. The predicted octanol–water partition coefficient (Wildman–Crippen LogP) is 4.07. The number of benzene rings is 3. The van der Waals surface area contributed by atoms with Crippen molar-refractivity contribution in [1.82, 2.24) is 0 Å². The zero-order valence-corrected chi connectivity index (χ0v) is 21.4. The average Bonchev–Trinajstić information content (AvgIpc) is 3.54. The van der Waals surface area contributed by atoms with Gasteiger partial charge in [0, 0.05) is 12.3 Å². The Balaban J connectivity index is 0.000000195. The third-order valence-corrected chi connectivity index (χ3v) is 7.61. The minimum atomic E-state index is -1.50. The van der Waals surface area contributed by atoms with Crippen molar-refractivity contribution in [2.45, 2.75) is 43.8 Å². The molecule has 1 saturated carbocycles. The lowest BCUT2D eigenvalue weighted by molar-refractivity contribution is -0.879. The summed E-state index contributed by atoms with van der Waals surface area (Å²) in [6.07, 6.45) is 4.68. The molecule has 0 radical (unpaired) electrons. The summed E-state index contributed by atoms with van der Waals surface area (Å²) in [5.74, 6) is -2.10. The summed E-state index contributed by atoms with van der Waals surface area (Å²) in [6.45, 7) is 1.83. The lowest BCUT2D eigenvalue weighted by atomic mass is 9.80. The highest BCUT2D eigenvalue weighted by atomic mass is 16.6. The number of ether oxygens (including phenoxy) is 1. The highest BCUT2D eigenvalue weighted by molar-refractivity contribution is 5.99. The van der Waals surface area contributed by atoms with E-state index in [0.717, 1.165) is 55.1 Å². The first kappa shape index (κ1) is 26.6. The normalized spacial score (nSPS) is 20.6. The average molecular weight is 506 g/mol. The van der Waals surface area contributed by atoms with Gasteiger partial charge in [-0.3, -0.25) is 0 Å². The summed E-state index contributed by atoms with van der Waals surface area (Å²) in [7, 11) is 4.29. The first-order chi connectivity index (χ1) is 17.6. The Morgan fingerprint density at radius 3 is 2.22 bits per heavy atom. The Hall–Kier alpha value is -3.42. The number of hydrogen-bond donors (Lipinski definition) is 2. The van der Waals surface area contributed by atoms with Crippen molar-refractivity contribution < 1.29 is 34.1 Å². The summed E-state index contributed by atoms with van der Waals surface area (Å²) in [5, 5.41) is 32.9. The summed E-state index contributed by atoms with van der Waals surface area (Å²) in [5.41, 5.74) is -1.01. The molecule has 1 aliphatic carbocycles. The first-order valence-corrected chi connectivity index (χ1v) is 12.8. The Morgan fingerprint density at radius 1 is 0.946 bits per heavy atom. The molecule has 196 valence electrons. The van der Waals surface area contributed by atoms with Crippen molar-refractivity contribution in [1.29, 1.82) is 0 Å². The third-order valence-electron chi connectivity index (χ3n) is 7.61. The monoisotopic (exact) mass is 505 g/mol. The molecule has 0 amide bonds. The molecule has 7 heteroatoms. The van der Waals surface area contributed by atoms with Gasteiger partial charge in [0.05, 0.1) is 26.2 Å². The molecule has 5 rings (SSSR count). The highest BCUT2D eigenvalue weighted by Gasteiger charge is 2.49. The maximum Gasteiger partial charge on any atom is 0.343 e. The molecule has 0 spiro atoms. The number of carbonyl (C=O) groups excluding carboxylic acids is 1. The van der Waals surface area contributed by atoms with Crippen LogP contribution in [-0.4, -0.2) is 59.9 Å². The molecular weight excluding hydrogens is 470 g/mol. The van der Waals surface area contributed by atoms with Crippen LogP contribution in [0.5, 0.6) is 5.75 Å². The largest absolute Gasteiger partial charge is 0.871 e. The fraction of sp³-hybridized carbons (Fsp3) is 0.400. The molecule has 3 aromatic rings. The van der Waals surface area contributed by atoms with E-state index in [1.807, 2.05) is 36.4 Å². The standard InChI is InChI=1S/C19H28NO3.C11H8O3/c1-20(2)13-12-17(14-20)23-18(21)19(22,16-10-6-7-11-16)15-8-4-3-5-9-15;12-10-8-4-2-1-3-7(8)5-6-9(10)11(13)14/h3-5,8-9,16-17,22H,6-7,10-14H2,1-2H3;1-6,12H,(H,13,14)/q+1;/p-1. The van der Waals surface area contributed by atoms with Crippen LogP contribution in [0, 0.1) is 5.92 Å². The second kappa shape index (κ2) is 10.9. The number of nitrogens with zero attached hydrogens (tertiary/aromatic N) is 1. The molecule has 37 heavy (non-hydrogen) atoms. The number of fused-ring (bicyclic) bond motifs is 1. The van der Waals surface area contributed by atoms with Crippen LogP contribution in [0.15, 0.2) is 66.7 Å². The van der Waals surface area contributed by atoms with Crippen LogP contribution >= 0.6 is 0 Å². The second-order valence-electron chi connectivity index (χ2n) is 10.7. The third kappa shape index (κ3) is 5.78. The van der Waals surface area contributed by atoms with Crippen LogP contribution < -0.4 is 5.11 Å². The quantitative estimate of drug-likeness (QED) is 0.400. The van der Waals surface area contributed by atoms with Crippen LogP contribution in [0.3, 0.4) is 0 Å². The van der Waals surface area contributed by atoms with Gasteiger partial charge in [-0.25, -0.2) is 9.59 Å². The van der Waals surface area contributed by atoms with Gasteiger partial charge in [-0.1, -0.05) is 79.3 Å². The molecule has 1 aliphatic heterocycles. The minimum Gasteiger partial charge on any atom is -0.871 e. The highest BCUT2D eigenvalue weighted by Crippen LogP contribution is 2.42. The van der Waals surface area contributed by atoms with E-state index < -0.39 is 23.3 Å². The fourth-order valence-electron chi connectivity index (χ4n) is 5.53. The maximum absolute atomic E-state index is 12.9. The lowest BCUT2D eigenvalue weighted by Crippen LogP contribution is -2.46. The van der Waals surface area contributed by atoms with Gasteiger partial charge in [-0.05, 0) is 35.2 Å². The number of esters is 1. The molecule has 2 aliphatic rings. The number of rotatable bonds is 5. The second-order valence-corrected chi connectivity index (χ2v) is 10.7. The van der Waals surface area contributed by atoms with Crippen molar-refractivity contribution in [3.05, 3.63) is 77.9 Å². The van der Waals surface area contributed by atoms with Gasteiger partial charge >= 0.3 is 11.9 Å². The van der Waals surface area contributed by atoms with Crippen molar-refractivity contribution in [3.8, 4) is 5.75 Å². The van der Waals surface area contributed by atoms with Crippen molar-refractivity contribution in [3.63, 3.8) is 0 Å². The number of quaternary nitrogens is 1. The zero-order chi connectivity index (χ0) is 26.6. The van der Waals surface area contributed by atoms with Crippen LogP contribution in [0.2, 0.25) is 0 Å². The van der Waals surface area contributed by atoms with Crippen LogP contribution in [-0.2, 0) is 15.1 Å². The zero-order valence-electron chi connectivity index (χ0n) is 21.4. The Labute approximate surface area is 217 Å². The van der Waals surface area contributed by atoms with Crippen LogP contribution in [0.25, 0.3) is 10.8 Å². The van der Waals surface area contributed by atoms with E-state index >= 15 is 0 Å². The molecule has 0 bridgehead atoms. The lowest BCUT2D eigenvalue weighted by Gasteiger charge is -2.33. The predicted molar refractivity (Wildman–Crippen MR) is 139 cm³/mol. The number of carbonyl (C=O) groups is 2. The number of aromatic carboxylic acids is 1. The van der Waals surface area contributed by atoms with Gasteiger partial charge < -0.3 is 24.5 Å².